The Morgan fingerprint density at radius 2 is 1.51 bits per heavy atom. The minimum absolute atomic E-state index is 0.0321. The van der Waals surface area contributed by atoms with Gasteiger partial charge in [0, 0.05) is 29.1 Å². The lowest BCUT2D eigenvalue weighted by molar-refractivity contribution is 0.0729. The minimum atomic E-state index is -0.437. The van der Waals surface area contributed by atoms with Gasteiger partial charge in [-0.25, -0.2) is 4.39 Å². The van der Waals surface area contributed by atoms with Crippen molar-refractivity contribution in [2.45, 2.75) is 13.1 Å². The highest BCUT2D eigenvalue weighted by atomic mass is 19.1. The zero-order valence-electron chi connectivity index (χ0n) is 18.4. The van der Waals surface area contributed by atoms with Crippen LogP contribution in [0.4, 0.5) is 4.39 Å². The Hall–Kier alpha value is -4.53. The van der Waals surface area contributed by atoms with Crippen LogP contribution in [-0.2, 0) is 13.1 Å². The zero-order valence-corrected chi connectivity index (χ0v) is 18.4. The molecular formula is C26H19FN2O6. The van der Waals surface area contributed by atoms with Gasteiger partial charge in [-0.1, -0.05) is 6.07 Å². The standard InChI is InChI=1S/C26H19FN2O6/c27-19-4-2-16(3-5-19)26(31)29(11-15-1-6-21-22(7-15)33-13-32-21)12-18-8-17-9-23-24(35-14-34-23)10-20(17)28-25(18)30/h1-10H,11-14H2,(H,28,30). The maximum Gasteiger partial charge on any atom is 0.254 e. The number of hydrogen-bond acceptors (Lipinski definition) is 6. The van der Waals surface area contributed by atoms with Crippen molar-refractivity contribution in [1.29, 1.82) is 0 Å². The number of hydrogen-bond donors (Lipinski definition) is 1. The third-order valence-electron chi connectivity index (χ3n) is 5.96. The minimum Gasteiger partial charge on any atom is -0.454 e. The lowest BCUT2D eigenvalue weighted by Gasteiger charge is -2.23. The second kappa shape index (κ2) is 8.35. The summed E-state index contributed by atoms with van der Waals surface area (Å²) >= 11 is 0. The molecule has 3 heterocycles. The normalized spacial score (nSPS) is 13.3. The number of pyridine rings is 1. The van der Waals surface area contributed by atoms with Crippen LogP contribution in [0.5, 0.6) is 23.0 Å². The highest BCUT2D eigenvalue weighted by molar-refractivity contribution is 5.94. The number of amides is 1. The molecule has 9 heteroatoms. The Kier molecular flexibility index (Phi) is 5.02. The van der Waals surface area contributed by atoms with E-state index >= 15 is 0 Å². The van der Waals surface area contributed by atoms with Crippen LogP contribution in [0, 0.1) is 5.82 Å². The van der Waals surface area contributed by atoms with Gasteiger partial charge < -0.3 is 28.8 Å². The molecule has 3 aromatic carbocycles. The smallest absolute Gasteiger partial charge is 0.254 e. The molecule has 0 spiro atoms. The molecule has 176 valence electrons. The van der Waals surface area contributed by atoms with Gasteiger partial charge in [-0.2, -0.15) is 0 Å². The summed E-state index contributed by atoms with van der Waals surface area (Å²) in [6.45, 7) is 0.496. The van der Waals surface area contributed by atoms with Gasteiger partial charge in [-0.3, -0.25) is 9.59 Å². The third-order valence-corrected chi connectivity index (χ3v) is 5.96. The van der Waals surface area contributed by atoms with Gasteiger partial charge in [-0.05, 0) is 54.1 Å². The fraction of sp³-hybridized carbons (Fsp3) is 0.154. The van der Waals surface area contributed by atoms with Crippen molar-refractivity contribution in [3.8, 4) is 23.0 Å². The number of H-pyrrole nitrogens is 1. The lowest BCUT2D eigenvalue weighted by atomic mass is 10.1. The summed E-state index contributed by atoms with van der Waals surface area (Å²) in [5.41, 5.74) is 1.79. The molecule has 0 saturated carbocycles. The van der Waals surface area contributed by atoms with E-state index < -0.39 is 5.82 Å². The number of aromatic nitrogens is 1. The summed E-state index contributed by atoms with van der Waals surface area (Å²) in [4.78, 5) is 30.8. The zero-order chi connectivity index (χ0) is 23.9. The molecule has 2 aliphatic rings. The largest absolute Gasteiger partial charge is 0.454 e. The molecule has 0 unspecified atom stereocenters. The highest BCUT2D eigenvalue weighted by Crippen LogP contribution is 2.35. The number of nitrogens with one attached hydrogen (secondary N) is 1. The molecule has 0 fully saturated rings. The monoisotopic (exact) mass is 474 g/mol. The highest BCUT2D eigenvalue weighted by Gasteiger charge is 2.22. The number of carbonyl (C=O) groups excluding carboxylic acids is 1. The van der Waals surface area contributed by atoms with E-state index in [0.717, 1.165) is 10.9 Å². The molecule has 0 radical (unpaired) electrons. The average molecular weight is 474 g/mol. The molecule has 8 nitrogen and oxygen atoms in total. The Labute approximate surface area is 198 Å². The van der Waals surface area contributed by atoms with Crippen LogP contribution in [-0.4, -0.2) is 29.4 Å². The Morgan fingerprint density at radius 1 is 0.829 bits per heavy atom. The molecule has 35 heavy (non-hydrogen) atoms. The van der Waals surface area contributed by atoms with Crippen LogP contribution in [0.1, 0.15) is 21.5 Å². The molecule has 0 aliphatic carbocycles. The molecule has 1 aromatic heterocycles. The molecule has 0 bridgehead atoms. The van der Waals surface area contributed by atoms with E-state index in [9.17, 15) is 14.0 Å². The Morgan fingerprint density at radius 3 is 2.29 bits per heavy atom. The van der Waals surface area contributed by atoms with E-state index in [1.165, 1.54) is 29.2 Å². The predicted octanol–water partition coefficient (Wildman–Crippen LogP) is 3.97. The maximum absolute atomic E-state index is 13.5. The van der Waals surface area contributed by atoms with Crippen LogP contribution < -0.4 is 24.5 Å². The molecule has 1 N–H and O–H groups in total. The lowest BCUT2D eigenvalue weighted by Crippen LogP contribution is -2.32. The predicted molar refractivity (Wildman–Crippen MR) is 123 cm³/mol. The van der Waals surface area contributed by atoms with E-state index in [0.29, 0.717) is 39.6 Å². The van der Waals surface area contributed by atoms with Crippen LogP contribution >= 0.6 is 0 Å². The van der Waals surface area contributed by atoms with Gasteiger partial charge in [-0.15, -0.1) is 0 Å². The van der Waals surface area contributed by atoms with E-state index in [4.69, 9.17) is 18.9 Å². The number of carbonyl (C=O) groups is 1. The van der Waals surface area contributed by atoms with Crippen LogP contribution in [0.3, 0.4) is 0 Å². The molecule has 4 aromatic rings. The van der Waals surface area contributed by atoms with E-state index in [1.54, 1.807) is 30.3 Å². The number of fused-ring (bicyclic) bond motifs is 3. The average Bonchev–Trinajstić information content (AvgIpc) is 3.51. The van der Waals surface area contributed by atoms with Crippen molar-refractivity contribution in [3.05, 3.63) is 93.5 Å². The van der Waals surface area contributed by atoms with Crippen molar-refractivity contribution < 1.29 is 28.1 Å². The first kappa shape index (κ1) is 21.0. The summed E-state index contributed by atoms with van der Waals surface area (Å²) in [7, 11) is 0. The summed E-state index contributed by atoms with van der Waals surface area (Å²) in [6.07, 6.45) is 0. The number of rotatable bonds is 5. The van der Waals surface area contributed by atoms with Gasteiger partial charge in [0.25, 0.3) is 11.5 Å². The van der Waals surface area contributed by atoms with Crippen molar-refractivity contribution in [2.75, 3.05) is 13.6 Å². The van der Waals surface area contributed by atoms with Gasteiger partial charge in [0.05, 0.1) is 12.1 Å². The van der Waals surface area contributed by atoms with Crippen LogP contribution in [0.2, 0.25) is 0 Å². The molecule has 0 saturated heterocycles. The third kappa shape index (κ3) is 4.01. The SMILES string of the molecule is O=C(c1ccc(F)cc1)N(Cc1ccc2c(c1)OCO2)Cc1cc2cc3c(cc2[nH]c1=O)OCO3. The fourth-order valence-corrected chi connectivity index (χ4v) is 4.20. The van der Waals surface area contributed by atoms with Gasteiger partial charge >= 0.3 is 0 Å². The Bertz CT molecular complexity index is 1520. The van der Waals surface area contributed by atoms with Gasteiger partial charge in [0.2, 0.25) is 13.6 Å². The number of benzene rings is 3. The molecule has 6 rings (SSSR count). The first-order valence-corrected chi connectivity index (χ1v) is 10.9. The molecule has 0 atom stereocenters. The summed E-state index contributed by atoms with van der Waals surface area (Å²) < 4.78 is 35.1. The van der Waals surface area contributed by atoms with Crippen LogP contribution in [0.25, 0.3) is 10.9 Å². The summed E-state index contributed by atoms with van der Waals surface area (Å²) in [5.74, 6) is 1.61. The first-order valence-electron chi connectivity index (χ1n) is 10.9. The summed E-state index contributed by atoms with van der Waals surface area (Å²) in [5, 5.41) is 0.751. The van der Waals surface area contributed by atoms with Crippen molar-refractivity contribution >= 4 is 16.8 Å². The van der Waals surface area contributed by atoms with Crippen molar-refractivity contribution in [2.24, 2.45) is 0 Å². The Balaban J connectivity index is 1.36. The number of ether oxygens (including phenoxy) is 4. The van der Waals surface area contributed by atoms with Crippen LogP contribution in [0.15, 0.2) is 65.5 Å². The number of aromatic amines is 1. The van der Waals surface area contributed by atoms with E-state index in [-0.39, 0.29) is 38.1 Å². The first-order chi connectivity index (χ1) is 17.0. The molecular weight excluding hydrogens is 455 g/mol. The molecule has 1 amide bonds. The maximum atomic E-state index is 13.5. The molecule has 2 aliphatic heterocycles. The van der Waals surface area contributed by atoms with Crippen molar-refractivity contribution in [3.63, 3.8) is 0 Å². The van der Waals surface area contributed by atoms with E-state index in [2.05, 4.69) is 4.98 Å². The van der Waals surface area contributed by atoms with E-state index in [1.807, 2.05) is 6.07 Å². The summed E-state index contributed by atoms with van der Waals surface area (Å²) in [6, 6.07) is 16.0. The second-order valence-electron chi connectivity index (χ2n) is 8.27. The quantitative estimate of drug-likeness (QED) is 0.471. The van der Waals surface area contributed by atoms with Gasteiger partial charge in [0.1, 0.15) is 5.82 Å². The number of nitrogens with zero attached hydrogens (tertiary/aromatic N) is 1. The topological polar surface area (TPSA) is 90.1 Å². The van der Waals surface area contributed by atoms with Crippen molar-refractivity contribution in [1.82, 2.24) is 9.88 Å². The number of halogens is 1. The fourth-order valence-electron chi connectivity index (χ4n) is 4.20. The van der Waals surface area contributed by atoms with Gasteiger partial charge in [0.15, 0.2) is 23.0 Å². The second-order valence-corrected chi connectivity index (χ2v) is 8.27.